The highest BCUT2D eigenvalue weighted by atomic mass is 19.4. The molecule has 33 heavy (non-hydrogen) atoms. The largest absolute Gasteiger partial charge is 0.416 e. The molecule has 1 amide bonds. The van der Waals surface area contributed by atoms with E-state index in [-0.39, 0.29) is 18.1 Å². The maximum atomic E-state index is 13.0. The lowest BCUT2D eigenvalue weighted by molar-refractivity contribution is -0.137. The summed E-state index contributed by atoms with van der Waals surface area (Å²) in [5.41, 5.74) is 2.24. The Balaban J connectivity index is 1.55. The van der Waals surface area contributed by atoms with Crippen LogP contribution < -0.4 is 5.32 Å². The maximum absolute atomic E-state index is 13.0. The first kappa shape index (κ1) is 20.6. The van der Waals surface area contributed by atoms with Crippen LogP contribution in [0.2, 0.25) is 0 Å². The number of alkyl halides is 3. The summed E-state index contributed by atoms with van der Waals surface area (Å²) in [4.78, 5) is 25.3. The van der Waals surface area contributed by atoms with Gasteiger partial charge in [0, 0.05) is 31.3 Å². The van der Waals surface area contributed by atoms with Gasteiger partial charge in [0.25, 0.3) is 5.91 Å². The van der Waals surface area contributed by atoms with Gasteiger partial charge >= 0.3 is 6.18 Å². The number of nitrogens with zero attached hydrogens (tertiary/aromatic N) is 6. The molecule has 0 saturated carbocycles. The van der Waals surface area contributed by atoms with Crippen LogP contribution in [0.25, 0.3) is 27.8 Å². The van der Waals surface area contributed by atoms with E-state index in [4.69, 9.17) is 0 Å². The highest BCUT2D eigenvalue weighted by molar-refractivity contribution is 6.07. The fraction of sp³-hybridized carbons (Fsp3) is 0.136. The lowest BCUT2D eigenvalue weighted by atomic mass is 10.2. The molecule has 4 heterocycles. The van der Waals surface area contributed by atoms with E-state index in [0.717, 1.165) is 12.1 Å². The first-order chi connectivity index (χ1) is 15.8. The smallest absolute Gasteiger partial charge is 0.345 e. The number of hydrogen-bond donors (Lipinski definition) is 1. The van der Waals surface area contributed by atoms with Crippen LogP contribution in [-0.2, 0) is 19.8 Å². The molecule has 11 heteroatoms. The van der Waals surface area contributed by atoms with Gasteiger partial charge in [-0.05, 0) is 36.4 Å². The zero-order valence-corrected chi connectivity index (χ0v) is 17.2. The third-order valence-electron chi connectivity index (χ3n) is 5.12. The van der Waals surface area contributed by atoms with Crippen molar-refractivity contribution >= 4 is 28.0 Å². The van der Waals surface area contributed by atoms with E-state index in [2.05, 4.69) is 25.4 Å². The van der Waals surface area contributed by atoms with Crippen molar-refractivity contribution in [3.63, 3.8) is 0 Å². The highest BCUT2D eigenvalue weighted by Gasteiger charge is 2.30. The molecule has 0 spiro atoms. The Morgan fingerprint density at radius 2 is 1.88 bits per heavy atom. The normalized spacial score (nSPS) is 11.9. The first-order valence-corrected chi connectivity index (χ1v) is 9.87. The molecule has 0 unspecified atom stereocenters. The number of pyridine rings is 1. The van der Waals surface area contributed by atoms with Gasteiger partial charge in [0.15, 0.2) is 5.65 Å². The minimum Gasteiger partial charge on any atom is -0.345 e. The molecule has 0 aliphatic rings. The van der Waals surface area contributed by atoms with Crippen LogP contribution in [0.3, 0.4) is 0 Å². The molecule has 0 bridgehead atoms. The third-order valence-corrected chi connectivity index (χ3v) is 5.12. The number of fused-ring (bicyclic) bond motifs is 3. The van der Waals surface area contributed by atoms with Gasteiger partial charge in [0.1, 0.15) is 11.2 Å². The minimum absolute atomic E-state index is 0.196. The van der Waals surface area contributed by atoms with Crippen molar-refractivity contribution < 1.29 is 18.0 Å². The summed E-state index contributed by atoms with van der Waals surface area (Å²) in [6.45, 7) is 0.196. The Bertz CT molecular complexity index is 1470. The van der Waals surface area contributed by atoms with E-state index in [9.17, 15) is 18.0 Å². The van der Waals surface area contributed by atoms with Crippen molar-refractivity contribution in [2.75, 3.05) is 0 Å². The topological polar surface area (TPSA) is 90.5 Å². The summed E-state index contributed by atoms with van der Waals surface area (Å²) < 4.78 is 42.3. The predicted molar refractivity (Wildman–Crippen MR) is 114 cm³/mol. The van der Waals surface area contributed by atoms with Crippen molar-refractivity contribution in [1.29, 1.82) is 0 Å². The quantitative estimate of drug-likeness (QED) is 0.451. The van der Waals surface area contributed by atoms with E-state index < -0.39 is 11.7 Å². The van der Waals surface area contributed by atoms with Crippen molar-refractivity contribution in [3.05, 3.63) is 78.1 Å². The molecule has 0 aliphatic carbocycles. The molecule has 4 aromatic heterocycles. The SMILES string of the molecule is Cn1cc2c3nc(C(=O)NCc4cnccn4)ccc3n(-c3ccc(C(F)(F)F)cc3)c2n1. The summed E-state index contributed by atoms with van der Waals surface area (Å²) in [5.74, 6) is -0.387. The Kier molecular flexibility index (Phi) is 4.81. The van der Waals surface area contributed by atoms with Gasteiger partial charge < -0.3 is 5.32 Å². The second kappa shape index (κ2) is 7.69. The van der Waals surface area contributed by atoms with E-state index >= 15 is 0 Å². The number of rotatable bonds is 4. The van der Waals surface area contributed by atoms with Gasteiger partial charge in [-0.25, -0.2) is 4.98 Å². The Labute approximate surface area is 184 Å². The van der Waals surface area contributed by atoms with Crippen LogP contribution in [0.4, 0.5) is 13.2 Å². The lowest BCUT2D eigenvalue weighted by Gasteiger charge is -2.10. The summed E-state index contributed by atoms with van der Waals surface area (Å²) in [7, 11) is 1.74. The Morgan fingerprint density at radius 3 is 2.58 bits per heavy atom. The number of aromatic nitrogens is 6. The second-order valence-electron chi connectivity index (χ2n) is 7.36. The number of nitrogens with one attached hydrogen (secondary N) is 1. The minimum atomic E-state index is -4.42. The molecule has 5 rings (SSSR count). The fourth-order valence-corrected chi connectivity index (χ4v) is 3.62. The number of hydrogen-bond acceptors (Lipinski definition) is 5. The van der Waals surface area contributed by atoms with Gasteiger partial charge in [-0.2, -0.15) is 18.3 Å². The van der Waals surface area contributed by atoms with E-state index in [1.54, 1.807) is 47.0 Å². The summed E-state index contributed by atoms with van der Waals surface area (Å²) >= 11 is 0. The van der Waals surface area contributed by atoms with Gasteiger partial charge in [0.05, 0.1) is 34.9 Å². The van der Waals surface area contributed by atoms with Crippen LogP contribution in [-0.4, -0.2) is 35.2 Å². The van der Waals surface area contributed by atoms with E-state index in [0.29, 0.717) is 33.4 Å². The van der Waals surface area contributed by atoms with Crippen LogP contribution in [0.5, 0.6) is 0 Å². The number of aryl methyl sites for hydroxylation is 1. The molecule has 0 aliphatic heterocycles. The van der Waals surface area contributed by atoms with Crippen LogP contribution >= 0.6 is 0 Å². The zero-order valence-electron chi connectivity index (χ0n) is 17.2. The van der Waals surface area contributed by atoms with Gasteiger partial charge in [0.2, 0.25) is 0 Å². The fourth-order valence-electron chi connectivity index (χ4n) is 3.62. The molecule has 0 saturated heterocycles. The van der Waals surface area contributed by atoms with Gasteiger partial charge in [-0.3, -0.25) is 24.0 Å². The van der Waals surface area contributed by atoms with Crippen molar-refractivity contribution in [3.8, 4) is 5.69 Å². The average molecular weight is 451 g/mol. The third kappa shape index (κ3) is 3.77. The number of carbonyl (C=O) groups excluding carboxylic acids is 1. The van der Waals surface area contributed by atoms with Crippen molar-refractivity contribution in [2.24, 2.45) is 7.05 Å². The van der Waals surface area contributed by atoms with E-state index in [1.165, 1.54) is 18.3 Å². The number of benzene rings is 1. The van der Waals surface area contributed by atoms with Crippen molar-refractivity contribution in [1.82, 2.24) is 34.6 Å². The van der Waals surface area contributed by atoms with Crippen molar-refractivity contribution in [2.45, 2.75) is 12.7 Å². The maximum Gasteiger partial charge on any atom is 0.416 e. The molecule has 0 atom stereocenters. The second-order valence-corrected chi connectivity index (χ2v) is 7.36. The average Bonchev–Trinajstić information content (AvgIpc) is 3.32. The number of halogens is 3. The lowest BCUT2D eigenvalue weighted by Crippen LogP contribution is -2.24. The molecule has 0 radical (unpaired) electrons. The first-order valence-electron chi connectivity index (χ1n) is 9.87. The molecule has 8 nitrogen and oxygen atoms in total. The molecule has 1 aromatic carbocycles. The highest BCUT2D eigenvalue weighted by Crippen LogP contribution is 2.33. The number of carbonyl (C=O) groups is 1. The Hall–Kier alpha value is -4.28. The molecule has 166 valence electrons. The molecule has 5 aromatic rings. The van der Waals surface area contributed by atoms with Crippen LogP contribution in [0.15, 0.2) is 61.2 Å². The number of amides is 1. The Morgan fingerprint density at radius 1 is 1.09 bits per heavy atom. The zero-order chi connectivity index (χ0) is 23.2. The van der Waals surface area contributed by atoms with E-state index in [1.807, 2.05) is 0 Å². The summed E-state index contributed by atoms with van der Waals surface area (Å²) in [6.07, 6.45) is 1.97. The molecule has 0 fully saturated rings. The molecular weight excluding hydrogens is 435 g/mol. The van der Waals surface area contributed by atoms with Crippen LogP contribution in [0, 0.1) is 0 Å². The van der Waals surface area contributed by atoms with Gasteiger partial charge in [-0.15, -0.1) is 0 Å². The van der Waals surface area contributed by atoms with Crippen LogP contribution in [0.1, 0.15) is 21.7 Å². The predicted octanol–water partition coefficient (Wildman–Crippen LogP) is 3.65. The summed E-state index contributed by atoms with van der Waals surface area (Å²) in [5, 5.41) is 7.88. The standard InChI is InChI=1S/C22H16F3N7O/c1-31-12-16-19-18(7-6-17(29-19)21(33)28-11-14-10-26-8-9-27-14)32(20(16)30-31)15-4-2-13(3-5-15)22(23,24)25/h2-10,12H,11H2,1H3,(H,28,33). The molecular formula is C22H16F3N7O. The monoisotopic (exact) mass is 451 g/mol. The molecule has 1 N–H and O–H groups in total. The summed E-state index contributed by atoms with van der Waals surface area (Å²) in [6, 6.07) is 8.10. The van der Waals surface area contributed by atoms with Gasteiger partial charge in [-0.1, -0.05) is 0 Å².